The first kappa shape index (κ1) is 20.7. The van der Waals surface area contributed by atoms with Crippen LogP contribution in [0, 0.1) is 5.82 Å². The number of hydrogen-bond acceptors (Lipinski definition) is 4. The summed E-state index contributed by atoms with van der Waals surface area (Å²) in [4.78, 5) is 33.1. The van der Waals surface area contributed by atoms with E-state index in [9.17, 15) is 14.0 Å². The first-order chi connectivity index (χ1) is 16.6. The smallest absolute Gasteiger partial charge is 0.282 e. The molecule has 3 aliphatic rings. The molecule has 0 radical (unpaired) electrons. The second-order valence-corrected chi connectivity index (χ2v) is 8.92. The van der Waals surface area contributed by atoms with E-state index in [1.54, 1.807) is 12.1 Å². The quantitative estimate of drug-likeness (QED) is 0.534. The molecular weight excluding hydrogens is 429 g/mol. The molecule has 0 aromatic heterocycles. The van der Waals surface area contributed by atoms with Crippen LogP contribution in [0.1, 0.15) is 24.0 Å². The van der Waals surface area contributed by atoms with Gasteiger partial charge in [-0.1, -0.05) is 30.3 Å². The van der Waals surface area contributed by atoms with Crippen LogP contribution < -0.4 is 14.7 Å². The molecule has 3 aromatic rings. The number of benzene rings is 3. The van der Waals surface area contributed by atoms with E-state index in [2.05, 4.69) is 4.90 Å². The molecule has 6 rings (SSSR count). The first-order valence-corrected chi connectivity index (χ1v) is 11.7. The third-order valence-electron chi connectivity index (χ3n) is 6.93. The standard InChI is InChI=1S/C28H24FN3O2/c29-21-9-7-20(8-10-21)25-26(31-18-15-19-5-1-2-6-24(19)31)28(34)32(27(25)33)23-13-11-22(12-14-23)30-16-3-4-17-30/h1-2,5-14H,3-4,15-18H2. The number of imide groups is 1. The van der Waals surface area contributed by atoms with Gasteiger partial charge in [-0.25, -0.2) is 9.29 Å². The summed E-state index contributed by atoms with van der Waals surface area (Å²) in [5, 5.41) is 0. The number of carbonyl (C=O) groups is 2. The van der Waals surface area contributed by atoms with Gasteiger partial charge in [0, 0.05) is 31.0 Å². The maximum absolute atomic E-state index is 13.8. The van der Waals surface area contributed by atoms with Crippen molar-refractivity contribution in [2.45, 2.75) is 19.3 Å². The van der Waals surface area contributed by atoms with Gasteiger partial charge in [0.1, 0.15) is 11.5 Å². The van der Waals surface area contributed by atoms with Crippen molar-refractivity contribution in [3.05, 3.63) is 95.4 Å². The summed E-state index contributed by atoms with van der Waals surface area (Å²) >= 11 is 0. The van der Waals surface area contributed by atoms with Crippen LogP contribution in [-0.4, -0.2) is 31.4 Å². The molecule has 0 N–H and O–H groups in total. The molecule has 3 heterocycles. The molecule has 6 heteroatoms. The van der Waals surface area contributed by atoms with Crippen LogP contribution in [0.3, 0.4) is 0 Å². The van der Waals surface area contributed by atoms with Crippen LogP contribution in [0.5, 0.6) is 0 Å². The molecular formula is C28H24FN3O2. The molecule has 1 saturated heterocycles. The SMILES string of the molecule is O=C1C(c2ccc(F)cc2)=C(N2CCc3ccccc32)C(=O)N1c1ccc(N2CCCC2)cc1. The average Bonchev–Trinajstić information content (AvgIpc) is 3.59. The zero-order valence-corrected chi connectivity index (χ0v) is 18.7. The van der Waals surface area contributed by atoms with Crippen LogP contribution in [0.4, 0.5) is 21.5 Å². The molecule has 170 valence electrons. The largest absolute Gasteiger partial charge is 0.372 e. The summed E-state index contributed by atoms with van der Waals surface area (Å²) in [6, 6.07) is 21.3. The molecule has 0 bridgehead atoms. The van der Waals surface area contributed by atoms with E-state index in [4.69, 9.17) is 0 Å². The topological polar surface area (TPSA) is 43.9 Å². The fourth-order valence-electron chi connectivity index (χ4n) is 5.24. The summed E-state index contributed by atoms with van der Waals surface area (Å²) in [5.74, 6) is -1.12. The molecule has 3 aliphatic heterocycles. The zero-order valence-electron chi connectivity index (χ0n) is 18.7. The van der Waals surface area contributed by atoms with Crippen LogP contribution >= 0.6 is 0 Å². The minimum atomic E-state index is -0.386. The molecule has 0 atom stereocenters. The zero-order chi connectivity index (χ0) is 23.2. The van der Waals surface area contributed by atoms with Gasteiger partial charge in [-0.05, 0) is 72.9 Å². The number of fused-ring (bicyclic) bond motifs is 1. The molecule has 0 unspecified atom stereocenters. The van der Waals surface area contributed by atoms with Crippen molar-refractivity contribution >= 4 is 34.4 Å². The van der Waals surface area contributed by atoms with Gasteiger partial charge in [0.05, 0.1) is 11.3 Å². The molecule has 3 aromatic carbocycles. The Kier molecular flexibility index (Phi) is 4.94. The Labute approximate surface area is 197 Å². The van der Waals surface area contributed by atoms with E-state index >= 15 is 0 Å². The van der Waals surface area contributed by atoms with E-state index in [0.717, 1.165) is 36.4 Å². The average molecular weight is 454 g/mol. The molecule has 0 spiro atoms. The lowest BCUT2D eigenvalue weighted by molar-refractivity contribution is -0.120. The molecule has 2 amide bonds. The van der Waals surface area contributed by atoms with E-state index in [0.29, 0.717) is 29.1 Å². The Bertz CT molecular complexity index is 1310. The molecule has 5 nitrogen and oxygen atoms in total. The monoisotopic (exact) mass is 453 g/mol. The van der Waals surface area contributed by atoms with Crippen molar-refractivity contribution < 1.29 is 14.0 Å². The van der Waals surface area contributed by atoms with Crippen molar-refractivity contribution in [1.29, 1.82) is 0 Å². The Morgan fingerprint density at radius 1 is 0.706 bits per heavy atom. The van der Waals surface area contributed by atoms with Crippen LogP contribution in [-0.2, 0) is 16.0 Å². The number of nitrogens with zero attached hydrogens (tertiary/aromatic N) is 3. The van der Waals surface area contributed by atoms with Gasteiger partial charge in [0.15, 0.2) is 0 Å². The van der Waals surface area contributed by atoms with Crippen molar-refractivity contribution in [2.75, 3.05) is 34.3 Å². The van der Waals surface area contributed by atoms with Crippen molar-refractivity contribution in [3.8, 4) is 0 Å². The van der Waals surface area contributed by atoms with Crippen molar-refractivity contribution in [2.24, 2.45) is 0 Å². The first-order valence-electron chi connectivity index (χ1n) is 11.7. The maximum Gasteiger partial charge on any atom is 0.282 e. The lowest BCUT2D eigenvalue weighted by atomic mass is 10.0. The van der Waals surface area contributed by atoms with Gasteiger partial charge in [-0.3, -0.25) is 9.59 Å². The highest BCUT2D eigenvalue weighted by Gasteiger charge is 2.44. The summed E-state index contributed by atoms with van der Waals surface area (Å²) in [5.41, 5.74) is 4.92. The summed E-state index contributed by atoms with van der Waals surface area (Å²) in [7, 11) is 0. The molecule has 34 heavy (non-hydrogen) atoms. The second kappa shape index (κ2) is 8.13. The lowest BCUT2D eigenvalue weighted by Gasteiger charge is -2.22. The highest BCUT2D eigenvalue weighted by molar-refractivity contribution is 6.46. The van der Waals surface area contributed by atoms with Gasteiger partial charge in [-0.2, -0.15) is 0 Å². The number of carbonyl (C=O) groups excluding carboxylic acids is 2. The normalized spacial score (nSPS) is 17.9. The van der Waals surface area contributed by atoms with E-state index in [1.165, 1.54) is 29.9 Å². The fourth-order valence-corrected chi connectivity index (χ4v) is 5.24. The Hall–Kier alpha value is -3.93. The summed E-state index contributed by atoms with van der Waals surface area (Å²) < 4.78 is 13.7. The van der Waals surface area contributed by atoms with E-state index in [1.807, 2.05) is 53.4 Å². The number of halogens is 1. The minimum absolute atomic E-state index is 0.310. The number of amides is 2. The summed E-state index contributed by atoms with van der Waals surface area (Å²) in [6.07, 6.45) is 3.15. The fraction of sp³-hybridized carbons (Fsp3) is 0.214. The highest BCUT2D eigenvalue weighted by atomic mass is 19.1. The third-order valence-corrected chi connectivity index (χ3v) is 6.93. The van der Waals surface area contributed by atoms with Crippen molar-refractivity contribution in [3.63, 3.8) is 0 Å². The van der Waals surface area contributed by atoms with Crippen LogP contribution in [0.2, 0.25) is 0 Å². The van der Waals surface area contributed by atoms with Crippen LogP contribution in [0.25, 0.3) is 5.57 Å². The third kappa shape index (κ3) is 3.29. The van der Waals surface area contributed by atoms with Crippen molar-refractivity contribution in [1.82, 2.24) is 0 Å². The van der Waals surface area contributed by atoms with Crippen LogP contribution in [0.15, 0.2) is 78.5 Å². The predicted octanol–water partition coefficient (Wildman–Crippen LogP) is 4.77. The van der Waals surface area contributed by atoms with Gasteiger partial charge >= 0.3 is 0 Å². The second-order valence-electron chi connectivity index (χ2n) is 8.92. The van der Waals surface area contributed by atoms with E-state index in [-0.39, 0.29) is 17.6 Å². The Balaban J connectivity index is 1.43. The Morgan fingerprint density at radius 2 is 1.38 bits per heavy atom. The molecule has 0 saturated carbocycles. The van der Waals surface area contributed by atoms with E-state index < -0.39 is 0 Å². The highest BCUT2D eigenvalue weighted by Crippen LogP contribution is 2.40. The minimum Gasteiger partial charge on any atom is -0.372 e. The number of rotatable bonds is 4. The molecule has 1 fully saturated rings. The van der Waals surface area contributed by atoms with Gasteiger partial charge in [-0.15, -0.1) is 0 Å². The maximum atomic E-state index is 13.8. The Morgan fingerprint density at radius 3 is 2.12 bits per heavy atom. The molecule has 0 aliphatic carbocycles. The number of para-hydroxylation sites is 1. The van der Waals surface area contributed by atoms with Gasteiger partial charge in [0.2, 0.25) is 0 Å². The predicted molar refractivity (Wildman–Crippen MR) is 131 cm³/mol. The number of anilines is 3. The summed E-state index contributed by atoms with van der Waals surface area (Å²) in [6.45, 7) is 2.66. The van der Waals surface area contributed by atoms with Gasteiger partial charge < -0.3 is 9.80 Å². The lowest BCUT2D eigenvalue weighted by Crippen LogP contribution is -2.34. The number of hydrogen-bond donors (Lipinski definition) is 0. The van der Waals surface area contributed by atoms with Gasteiger partial charge in [0.25, 0.3) is 11.8 Å².